The molecule has 2 aromatic rings. The Hall–Kier alpha value is -2.56. The predicted octanol–water partition coefficient (Wildman–Crippen LogP) is 2.85. The van der Waals surface area contributed by atoms with Crippen LogP contribution in [-0.2, 0) is 16.1 Å². The minimum Gasteiger partial charge on any atom is -0.462 e. The molecule has 0 N–H and O–H groups in total. The number of nitrogens with zero attached hydrogens (tertiary/aromatic N) is 1. The lowest BCUT2D eigenvalue weighted by Gasteiger charge is -2.05. The SMILES string of the molecule is CCOC(=O)c1ccn(C(=O)OCc2ccccc2)c1. The van der Waals surface area contributed by atoms with Crippen LogP contribution in [0.4, 0.5) is 4.79 Å². The molecule has 0 saturated carbocycles. The number of hydrogen-bond donors (Lipinski definition) is 0. The van der Waals surface area contributed by atoms with Crippen molar-refractivity contribution >= 4 is 12.1 Å². The first-order valence-corrected chi connectivity index (χ1v) is 6.27. The Morgan fingerprint density at radius 3 is 2.55 bits per heavy atom. The van der Waals surface area contributed by atoms with Gasteiger partial charge in [0.1, 0.15) is 6.61 Å². The molecular weight excluding hydrogens is 258 g/mol. The second kappa shape index (κ2) is 6.56. The van der Waals surface area contributed by atoms with Gasteiger partial charge in [-0.1, -0.05) is 30.3 Å². The largest absolute Gasteiger partial charge is 0.462 e. The van der Waals surface area contributed by atoms with E-state index < -0.39 is 12.1 Å². The molecule has 5 nitrogen and oxygen atoms in total. The first-order chi connectivity index (χ1) is 9.70. The van der Waals surface area contributed by atoms with Crippen molar-refractivity contribution < 1.29 is 19.1 Å². The van der Waals surface area contributed by atoms with Gasteiger partial charge in [0.05, 0.1) is 12.2 Å². The lowest BCUT2D eigenvalue weighted by Crippen LogP contribution is -2.12. The summed E-state index contributed by atoms with van der Waals surface area (Å²) < 4.78 is 11.2. The highest BCUT2D eigenvalue weighted by molar-refractivity contribution is 5.90. The summed E-state index contributed by atoms with van der Waals surface area (Å²) in [7, 11) is 0. The second-order valence-corrected chi connectivity index (χ2v) is 4.07. The van der Waals surface area contributed by atoms with Crippen LogP contribution in [0.5, 0.6) is 0 Å². The Balaban J connectivity index is 1.94. The van der Waals surface area contributed by atoms with E-state index in [1.807, 2.05) is 30.3 Å². The lowest BCUT2D eigenvalue weighted by atomic mass is 10.2. The van der Waals surface area contributed by atoms with Crippen molar-refractivity contribution in [2.75, 3.05) is 6.61 Å². The van der Waals surface area contributed by atoms with Gasteiger partial charge in [-0.25, -0.2) is 9.59 Å². The quantitative estimate of drug-likeness (QED) is 0.804. The summed E-state index contributed by atoms with van der Waals surface area (Å²) >= 11 is 0. The van der Waals surface area contributed by atoms with Gasteiger partial charge >= 0.3 is 12.1 Å². The van der Waals surface area contributed by atoms with Crippen LogP contribution in [0, 0.1) is 0 Å². The van der Waals surface area contributed by atoms with Crippen molar-refractivity contribution in [2.24, 2.45) is 0 Å². The summed E-state index contributed by atoms with van der Waals surface area (Å²) in [4.78, 5) is 23.3. The van der Waals surface area contributed by atoms with Gasteiger partial charge in [0.15, 0.2) is 0 Å². The third-order valence-corrected chi connectivity index (χ3v) is 2.62. The normalized spacial score (nSPS) is 10.1. The molecule has 0 aliphatic heterocycles. The van der Waals surface area contributed by atoms with Crippen LogP contribution in [-0.4, -0.2) is 23.2 Å². The van der Waals surface area contributed by atoms with Crippen molar-refractivity contribution in [3.63, 3.8) is 0 Å². The predicted molar refractivity (Wildman–Crippen MR) is 72.4 cm³/mol. The molecule has 20 heavy (non-hydrogen) atoms. The molecule has 1 heterocycles. The Bertz CT molecular complexity index is 589. The second-order valence-electron chi connectivity index (χ2n) is 4.07. The van der Waals surface area contributed by atoms with E-state index in [1.165, 1.54) is 23.0 Å². The maximum absolute atomic E-state index is 11.8. The number of aromatic nitrogens is 1. The van der Waals surface area contributed by atoms with Crippen LogP contribution in [0.25, 0.3) is 0 Å². The monoisotopic (exact) mass is 273 g/mol. The van der Waals surface area contributed by atoms with E-state index in [4.69, 9.17) is 9.47 Å². The highest BCUT2D eigenvalue weighted by atomic mass is 16.5. The molecule has 0 unspecified atom stereocenters. The van der Waals surface area contributed by atoms with Crippen LogP contribution in [0.1, 0.15) is 22.8 Å². The number of ether oxygens (including phenoxy) is 2. The highest BCUT2D eigenvalue weighted by Gasteiger charge is 2.12. The van der Waals surface area contributed by atoms with E-state index >= 15 is 0 Å². The van der Waals surface area contributed by atoms with E-state index in [2.05, 4.69) is 0 Å². The molecule has 0 fully saturated rings. The number of benzene rings is 1. The number of hydrogen-bond acceptors (Lipinski definition) is 4. The molecule has 0 saturated heterocycles. The van der Waals surface area contributed by atoms with Gasteiger partial charge < -0.3 is 9.47 Å². The summed E-state index contributed by atoms with van der Waals surface area (Å²) in [6.07, 6.45) is 2.33. The molecular formula is C15H15NO4. The topological polar surface area (TPSA) is 57.5 Å². The minimum absolute atomic E-state index is 0.187. The molecule has 2 rings (SSSR count). The third-order valence-electron chi connectivity index (χ3n) is 2.62. The Labute approximate surface area is 116 Å². The molecule has 1 aromatic carbocycles. The maximum atomic E-state index is 11.8. The van der Waals surface area contributed by atoms with Gasteiger partial charge in [0, 0.05) is 12.4 Å². The fraction of sp³-hybridized carbons (Fsp3) is 0.200. The van der Waals surface area contributed by atoms with E-state index in [0.29, 0.717) is 12.2 Å². The summed E-state index contributed by atoms with van der Waals surface area (Å²) in [5, 5.41) is 0. The van der Waals surface area contributed by atoms with Crippen LogP contribution in [0.2, 0.25) is 0 Å². The van der Waals surface area contributed by atoms with Crippen LogP contribution < -0.4 is 0 Å². The molecule has 0 spiro atoms. The summed E-state index contributed by atoms with van der Waals surface area (Å²) in [6, 6.07) is 10.9. The molecule has 104 valence electrons. The molecule has 0 amide bonds. The average molecular weight is 273 g/mol. The summed E-state index contributed by atoms with van der Waals surface area (Å²) in [6.45, 7) is 2.21. The molecule has 5 heteroatoms. The van der Waals surface area contributed by atoms with Crippen molar-refractivity contribution in [3.8, 4) is 0 Å². The molecule has 1 aromatic heterocycles. The first-order valence-electron chi connectivity index (χ1n) is 6.27. The average Bonchev–Trinajstić information content (AvgIpc) is 2.96. The van der Waals surface area contributed by atoms with Crippen LogP contribution >= 0.6 is 0 Å². The first kappa shape index (κ1) is 13.9. The van der Waals surface area contributed by atoms with Gasteiger partial charge in [0.2, 0.25) is 0 Å². The van der Waals surface area contributed by atoms with Crippen LogP contribution in [0.3, 0.4) is 0 Å². The number of carbonyl (C=O) groups excluding carboxylic acids is 2. The zero-order valence-corrected chi connectivity index (χ0v) is 11.1. The number of esters is 1. The molecule has 0 aliphatic carbocycles. The van der Waals surface area contributed by atoms with Crippen molar-refractivity contribution in [1.29, 1.82) is 0 Å². The Morgan fingerprint density at radius 1 is 1.10 bits per heavy atom. The highest BCUT2D eigenvalue weighted by Crippen LogP contribution is 2.06. The number of rotatable bonds is 4. The molecule has 0 atom stereocenters. The van der Waals surface area contributed by atoms with Crippen LogP contribution in [0.15, 0.2) is 48.8 Å². The van der Waals surface area contributed by atoms with Gasteiger partial charge in [-0.05, 0) is 18.6 Å². The number of carbonyl (C=O) groups is 2. The van der Waals surface area contributed by atoms with E-state index in [9.17, 15) is 9.59 Å². The zero-order valence-electron chi connectivity index (χ0n) is 11.1. The lowest BCUT2D eigenvalue weighted by molar-refractivity contribution is 0.0526. The molecule has 0 radical (unpaired) electrons. The minimum atomic E-state index is -0.538. The fourth-order valence-corrected chi connectivity index (χ4v) is 1.64. The Morgan fingerprint density at radius 2 is 1.85 bits per heavy atom. The standard InChI is InChI=1S/C15H15NO4/c1-2-19-14(17)13-8-9-16(10-13)15(18)20-11-12-6-4-3-5-7-12/h3-10H,2,11H2,1H3. The Kier molecular flexibility index (Phi) is 4.55. The fourth-order valence-electron chi connectivity index (χ4n) is 1.64. The van der Waals surface area contributed by atoms with E-state index in [1.54, 1.807) is 6.92 Å². The summed E-state index contributed by atoms with van der Waals surface area (Å²) in [5.74, 6) is -0.456. The van der Waals surface area contributed by atoms with Gasteiger partial charge in [-0.15, -0.1) is 0 Å². The van der Waals surface area contributed by atoms with Gasteiger partial charge in [-0.3, -0.25) is 4.57 Å². The molecule has 0 bridgehead atoms. The van der Waals surface area contributed by atoms with Crippen molar-refractivity contribution in [3.05, 3.63) is 59.9 Å². The van der Waals surface area contributed by atoms with Gasteiger partial charge in [-0.2, -0.15) is 0 Å². The molecule has 0 aliphatic rings. The summed E-state index contributed by atoms with van der Waals surface area (Å²) in [5.41, 5.74) is 1.22. The van der Waals surface area contributed by atoms with E-state index in [-0.39, 0.29) is 6.61 Å². The van der Waals surface area contributed by atoms with E-state index in [0.717, 1.165) is 5.56 Å². The smallest absolute Gasteiger partial charge is 0.418 e. The maximum Gasteiger partial charge on any atom is 0.418 e. The third kappa shape index (κ3) is 3.47. The van der Waals surface area contributed by atoms with Gasteiger partial charge in [0.25, 0.3) is 0 Å². The van der Waals surface area contributed by atoms with Crippen molar-refractivity contribution in [2.45, 2.75) is 13.5 Å². The van der Waals surface area contributed by atoms with Crippen molar-refractivity contribution in [1.82, 2.24) is 4.57 Å². The zero-order chi connectivity index (χ0) is 14.4.